The number of piperidine rings is 1. The molecule has 3 aromatic heterocycles. The summed E-state index contributed by atoms with van der Waals surface area (Å²) in [5, 5.41) is 19.6. The predicted octanol–water partition coefficient (Wildman–Crippen LogP) is 1.84. The Morgan fingerprint density at radius 3 is 2.79 bits per heavy atom. The lowest BCUT2D eigenvalue weighted by atomic mass is 10.0. The summed E-state index contributed by atoms with van der Waals surface area (Å²) in [7, 11) is 0. The summed E-state index contributed by atoms with van der Waals surface area (Å²) in [4.78, 5) is 20.1. The van der Waals surface area contributed by atoms with E-state index in [9.17, 15) is 9.18 Å². The standard InChI is InChI=1S/C21H20FN9O2/c22-19-10-18(30-14-24-27-28-30)3-4-20(19)33-13-16-12-25-31(26-16)17-5-8-29(9-6-17)21(32)15-2-1-7-23-11-15/h1-4,7,10-12,14,17H,5-6,8-9,13H2. The van der Waals surface area contributed by atoms with E-state index in [0.29, 0.717) is 30.0 Å². The van der Waals surface area contributed by atoms with Crippen LogP contribution in [0.15, 0.2) is 55.2 Å². The molecule has 0 N–H and O–H groups in total. The first-order valence-corrected chi connectivity index (χ1v) is 10.4. The molecule has 4 heterocycles. The average molecular weight is 449 g/mol. The van der Waals surface area contributed by atoms with Crippen LogP contribution in [0.2, 0.25) is 0 Å². The molecule has 11 nitrogen and oxygen atoms in total. The topological polar surface area (TPSA) is 117 Å². The van der Waals surface area contributed by atoms with Crippen LogP contribution >= 0.6 is 0 Å². The number of rotatable bonds is 6. The predicted molar refractivity (Wildman–Crippen MR) is 112 cm³/mol. The summed E-state index contributed by atoms with van der Waals surface area (Å²) in [5.41, 5.74) is 1.67. The van der Waals surface area contributed by atoms with Crippen LogP contribution in [0.1, 0.15) is 34.9 Å². The molecule has 0 radical (unpaired) electrons. The van der Waals surface area contributed by atoms with Crippen molar-refractivity contribution in [1.82, 2.24) is 45.1 Å². The van der Waals surface area contributed by atoms with Gasteiger partial charge < -0.3 is 9.64 Å². The van der Waals surface area contributed by atoms with Gasteiger partial charge in [-0.1, -0.05) is 0 Å². The Morgan fingerprint density at radius 2 is 2.06 bits per heavy atom. The maximum Gasteiger partial charge on any atom is 0.255 e. The minimum Gasteiger partial charge on any atom is -0.484 e. The van der Waals surface area contributed by atoms with Gasteiger partial charge in [-0.2, -0.15) is 15.0 Å². The fourth-order valence-electron chi connectivity index (χ4n) is 3.70. The molecule has 1 fully saturated rings. The van der Waals surface area contributed by atoms with Crippen molar-refractivity contribution in [1.29, 1.82) is 0 Å². The van der Waals surface area contributed by atoms with Gasteiger partial charge in [0.1, 0.15) is 18.6 Å². The highest BCUT2D eigenvalue weighted by molar-refractivity contribution is 5.93. The highest BCUT2D eigenvalue weighted by Crippen LogP contribution is 2.23. The lowest BCUT2D eigenvalue weighted by Crippen LogP contribution is -2.39. The molecule has 1 aliphatic heterocycles. The normalized spacial score (nSPS) is 14.4. The second-order valence-electron chi connectivity index (χ2n) is 7.58. The van der Waals surface area contributed by atoms with Crippen LogP contribution in [0.25, 0.3) is 5.69 Å². The van der Waals surface area contributed by atoms with Crippen LogP contribution in [-0.2, 0) is 6.61 Å². The van der Waals surface area contributed by atoms with E-state index in [4.69, 9.17) is 4.74 Å². The number of nitrogens with zero attached hydrogens (tertiary/aromatic N) is 9. The molecule has 0 aliphatic carbocycles. The second-order valence-corrected chi connectivity index (χ2v) is 7.58. The van der Waals surface area contributed by atoms with E-state index < -0.39 is 5.82 Å². The number of amides is 1. The number of carbonyl (C=O) groups excluding carboxylic acids is 1. The molecule has 0 atom stereocenters. The van der Waals surface area contributed by atoms with Crippen molar-refractivity contribution in [3.05, 3.63) is 72.3 Å². The van der Waals surface area contributed by atoms with Crippen molar-refractivity contribution in [3.63, 3.8) is 0 Å². The zero-order chi connectivity index (χ0) is 22.6. The first-order valence-electron chi connectivity index (χ1n) is 10.4. The molecular weight excluding hydrogens is 429 g/mol. The molecule has 1 amide bonds. The van der Waals surface area contributed by atoms with Crippen molar-refractivity contribution in [2.24, 2.45) is 0 Å². The van der Waals surface area contributed by atoms with Gasteiger partial charge in [-0.25, -0.2) is 9.07 Å². The molecule has 1 aliphatic rings. The zero-order valence-electron chi connectivity index (χ0n) is 17.5. The maximum absolute atomic E-state index is 14.4. The molecule has 12 heteroatoms. The number of hydrogen-bond acceptors (Lipinski definition) is 8. The molecule has 5 rings (SSSR count). The number of carbonyl (C=O) groups is 1. The lowest BCUT2D eigenvalue weighted by Gasteiger charge is -2.31. The fraction of sp³-hybridized carbons (Fsp3) is 0.286. The smallest absolute Gasteiger partial charge is 0.255 e. The van der Waals surface area contributed by atoms with Gasteiger partial charge in [-0.15, -0.1) is 5.10 Å². The van der Waals surface area contributed by atoms with E-state index in [1.165, 1.54) is 23.1 Å². The molecule has 0 bridgehead atoms. The Balaban J connectivity index is 1.16. The van der Waals surface area contributed by atoms with Crippen LogP contribution in [-0.4, -0.2) is 64.1 Å². The fourth-order valence-corrected chi connectivity index (χ4v) is 3.70. The van der Waals surface area contributed by atoms with Crippen LogP contribution in [0.3, 0.4) is 0 Å². The first kappa shape index (κ1) is 20.7. The summed E-state index contributed by atoms with van der Waals surface area (Å²) in [6, 6.07) is 8.08. The molecule has 0 spiro atoms. The van der Waals surface area contributed by atoms with Gasteiger partial charge >= 0.3 is 0 Å². The summed E-state index contributed by atoms with van der Waals surface area (Å²) < 4.78 is 21.3. The second kappa shape index (κ2) is 9.10. The van der Waals surface area contributed by atoms with Crippen molar-refractivity contribution < 1.29 is 13.9 Å². The number of likely N-dealkylation sites (tertiary alicyclic amines) is 1. The Kier molecular flexibility index (Phi) is 5.70. The van der Waals surface area contributed by atoms with Gasteiger partial charge in [0, 0.05) is 31.5 Å². The highest BCUT2D eigenvalue weighted by atomic mass is 19.1. The Hall–Kier alpha value is -4.22. The van der Waals surface area contributed by atoms with Crippen molar-refractivity contribution in [3.8, 4) is 11.4 Å². The number of ether oxygens (including phenoxy) is 1. The van der Waals surface area contributed by atoms with E-state index >= 15 is 0 Å². The largest absolute Gasteiger partial charge is 0.484 e. The van der Waals surface area contributed by atoms with Crippen molar-refractivity contribution in [2.45, 2.75) is 25.5 Å². The Labute approximate surface area is 187 Å². The van der Waals surface area contributed by atoms with E-state index in [2.05, 4.69) is 30.7 Å². The number of aromatic nitrogens is 8. The SMILES string of the molecule is O=C(c1cccnc1)N1CCC(n2ncc(COc3ccc(-n4cnnn4)cc3F)n2)CC1. The van der Waals surface area contributed by atoms with Crippen molar-refractivity contribution >= 4 is 5.91 Å². The number of halogens is 1. The monoisotopic (exact) mass is 449 g/mol. The highest BCUT2D eigenvalue weighted by Gasteiger charge is 2.26. The lowest BCUT2D eigenvalue weighted by molar-refractivity contribution is 0.0683. The zero-order valence-corrected chi connectivity index (χ0v) is 17.5. The van der Waals surface area contributed by atoms with E-state index in [-0.39, 0.29) is 24.3 Å². The van der Waals surface area contributed by atoms with E-state index in [1.807, 2.05) is 4.90 Å². The van der Waals surface area contributed by atoms with Gasteiger partial charge in [0.2, 0.25) is 0 Å². The van der Waals surface area contributed by atoms with Gasteiger partial charge in [0.25, 0.3) is 5.91 Å². The van der Waals surface area contributed by atoms with Gasteiger partial charge in [-0.3, -0.25) is 9.78 Å². The minimum atomic E-state index is -0.527. The Bertz CT molecular complexity index is 1220. The molecule has 33 heavy (non-hydrogen) atoms. The van der Waals surface area contributed by atoms with Crippen LogP contribution < -0.4 is 4.74 Å². The number of tetrazole rings is 1. The third-order valence-electron chi connectivity index (χ3n) is 5.45. The van der Waals surface area contributed by atoms with Crippen molar-refractivity contribution in [2.75, 3.05) is 13.1 Å². The van der Waals surface area contributed by atoms with Gasteiger partial charge in [0.15, 0.2) is 11.6 Å². The summed E-state index contributed by atoms with van der Waals surface area (Å²) >= 11 is 0. The van der Waals surface area contributed by atoms with E-state index in [0.717, 1.165) is 12.8 Å². The van der Waals surface area contributed by atoms with Crippen LogP contribution in [0, 0.1) is 5.82 Å². The quantitative estimate of drug-likeness (QED) is 0.438. The first-order chi connectivity index (χ1) is 16.2. The number of benzene rings is 1. The molecule has 0 saturated carbocycles. The van der Waals surface area contributed by atoms with Gasteiger partial charge in [-0.05, 0) is 47.5 Å². The average Bonchev–Trinajstić information content (AvgIpc) is 3.56. The number of hydrogen-bond donors (Lipinski definition) is 0. The van der Waals surface area contributed by atoms with E-state index in [1.54, 1.807) is 41.6 Å². The Morgan fingerprint density at radius 1 is 1.18 bits per heavy atom. The number of pyridine rings is 1. The minimum absolute atomic E-state index is 0.0165. The van der Waals surface area contributed by atoms with Crippen LogP contribution in [0.5, 0.6) is 5.75 Å². The molecule has 168 valence electrons. The molecule has 0 unspecified atom stereocenters. The molecule has 1 saturated heterocycles. The third kappa shape index (κ3) is 4.54. The maximum atomic E-state index is 14.4. The summed E-state index contributed by atoms with van der Waals surface area (Å²) in [6.07, 6.45) is 7.71. The van der Waals surface area contributed by atoms with Gasteiger partial charge in [0.05, 0.1) is 23.5 Å². The summed E-state index contributed by atoms with van der Waals surface area (Å²) in [6.45, 7) is 1.31. The molecule has 1 aromatic carbocycles. The molecular formula is C21H20FN9O2. The summed E-state index contributed by atoms with van der Waals surface area (Å²) in [5.74, 6) is -0.443. The van der Waals surface area contributed by atoms with Crippen LogP contribution in [0.4, 0.5) is 4.39 Å². The third-order valence-corrected chi connectivity index (χ3v) is 5.45. The molecule has 4 aromatic rings.